The van der Waals surface area contributed by atoms with Gasteiger partial charge in [-0.05, 0) is 18.6 Å². The Morgan fingerprint density at radius 3 is 3.00 bits per heavy atom. The highest BCUT2D eigenvalue weighted by atomic mass is 16.5. The maximum atomic E-state index is 11.7. The number of carbonyl (C=O) groups is 2. The third-order valence-electron chi connectivity index (χ3n) is 2.70. The van der Waals surface area contributed by atoms with Crippen LogP contribution in [0.5, 0.6) is 0 Å². The molecule has 0 radical (unpaired) electrons. The Morgan fingerprint density at radius 1 is 1.53 bits per heavy atom. The first-order valence-corrected chi connectivity index (χ1v) is 5.32. The lowest BCUT2D eigenvalue weighted by Crippen LogP contribution is -2.41. The van der Waals surface area contributed by atoms with Crippen LogP contribution in [0.2, 0.25) is 0 Å². The van der Waals surface area contributed by atoms with E-state index in [9.17, 15) is 9.59 Å². The van der Waals surface area contributed by atoms with Gasteiger partial charge in [0.05, 0.1) is 13.7 Å². The van der Waals surface area contributed by atoms with Crippen LogP contribution >= 0.6 is 0 Å². The molecule has 2 amide bonds. The maximum Gasteiger partial charge on any atom is 0.325 e. The number of amides is 2. The zero-order valence-electron chi connectivity index (χ0n) is 9.82. The summed E-state index contributed by atoms with van der Waals surface area (Å²) in [6.07, 6.45) is 0. The predicted molar refractivity (Wildman–Crippen MR) is 62.6 cm³/mol. The smallest absolute Gasteiger partial charge is 0.325 e. The van der Waals surface area contributed by atoms with Gasteiger partial charge in [-0.15, -0.1) is 0 Å². The van der Waals surface area contributed by atoms with E-state index < -0.39 is 5.97 Å². The molecule has 1 heterocycles. The number of fused-ring (bicyclic) bond motifs is 1. The van der Waals surface area contributed by atoms with Crippen LogP contribution < -0.4 is 5.32 Å². The number of anilines is 1. The number of methoxy groups -OCH3 is 1. The van der Waals surface area contributed by atoms with Crippen molar-refractivity contribution in [2.24, 2.45) is 0 Å². The average Bonchev–Trinajstić information content (AvgIpc) is 2.30. The van der Waals surface area contributed by atoms with Gasteiger partial charge in [-0.25, -0.2) is 4.79 Å². The molecule has 0 atom stereocenters. The molecule has 5 nitrogen and oxygen atoms in total. The SMILES string of the molecule is COC(=O)CN1Cc2cc(C)ccc2NC1=O. The highest BCUT2D eigenvalue weighted by Crippen LogP contribution is 2.23. The number of aryl methyl sites for hydroxylation is 1. The van der Waals surface area contributed by atoms with E-state index in [1.54, 1.807) is 0 Å². The first-order valence-electron chi connectivity index (χ1n) is 5.32. The molecule has 0 unspecified atom stereocenters. The van der Waals surface area contributed by atoms with E-state index in [4.69, 9.17) is 0 Å². The molecule has 0 bridgehead atoms. The van der Waals surface area contributed by atoms with Gasteiger partial charge in [-0.2, -0.15) is 0 Å². The maximum absolute atomic E-state index is 11.7. The number of urea groups is 1. The highest BCUT2D eigenvalue weighted by Gasteiger charge is 2.24. The molecular weight excluding hydrogens is 220 g/mol. The van der Waals surface area contributed by atoms with E-state index in [1.807, 2.05) is 25.1 Å². The largest absolute Gasteiger partial charge is 0.468 e. The van der Waals surface area contributed by atoms with Gasteiger partial charge in [0.25, 0.3) is 0 Å². The summed E-state index contributed by atoms with van der Waals surface area (Å²) >= 11 is 0. The van der Waals surface area contributed by atoms with Gasteiger partial charge >= 0.3 is 12.0 Å². The van der Waals surface area contributed by atoms with Crippen molar-refractivity contribution in [1.29, 1.82) is 0 Å². The van der Waals surface area contributed by atoms with Crippen LogP contribution in [0.25, 0.3) is 0 Å². The lowest BCUT2D eigenvalue weighted by Gasteiger charge is -2.28. The minimum absolute atomic E-state index is 0.0320. The van der Waals surface area contributed by atoms with Crippen LogP contribution in [-0.2, 0) is 16.1 Å². The number of hydrogen-bond acceptors (Lipinski definition) is 3. The van der Waals surface area contributed by atoms with Crippen LogP contribution in [0.15, 0.2) is 18.2 Å². The minimum atomic E-state index is -0.420. The zero-order chi connectivity index (χ0) is 12.4. The molecule has 0 fully saturated rings. The molecule has 1 aliphatic heterocycles. The van der Waals surface area contributed by atoms with Gasteiger partial charge in [0.15, 0.2) is 0 Å². The molecule has 0 aromatic heterocycles. The molecule has 90 valence electrons. The van der Waals surface area contributed by atoms with E-state index in [2.05, 4.69) is 10.1 Å². The van der Waals surface area contributed by atoms with Gasteiger partial charge in [0, 0.05) is 5.69 Å². The van der Waals surface area contributed by atoms with E-state index in [0.717, 1.165) is 16.8 Å². The molecule has 1 aromatic rings. The molecule has 0 saturated heterocycles. The Balaban J connectivity index is 2.19. The summed E-state index contributed by atoms with van der Waals surface area (Å²) in [5.41, 5.74) is 2.94. The molecule has 17 heavy (non-hydrogen) atoms. The number of esters is 1. The Labute approximate surface area is 99.4 Å². The molecule has 5 heteroatoms. The van der Waals surface area contributed by atoms with Gasteiger partial charge in [0.1, 0.15) is 6.54 Å². The van der Waals surface area contributed by atoms with Crippen LogP contribution in [0.3, 0.4) is 0 Å². The Hall–Kier alpha value is -2.04. The van der Waals surface area contributed by atoms with Crippen molar-refractivity contribution in [2.45, 2.75) is 13.5 Å². The summed E-state index contributed by atoms with van der Waals surface area (Å²) in [6.45, 7) is 2.38. The van der Waals surface area contributed by atoms with Crippen LogP contribution in [0.4, 0.5) is 10.5 Å². The second-order valence-corrected chi connectivity index (χ2v) is 4.02. The third kappa shape index (κ3) is 2.38. The molecule has 1 aliphatic rings. The van der Waals surface area contributed by atoms with Crippen molar-refractivity contribution in [2.75, 3.05) is 19.0 Å². The first-order chi connectivity index (χ1) is 8.10. The quantitative estimate of drug-likeness (QED) is 0.789. The summed E-state index contributed by atoms with van der Waals surface area (Å²) in [5.74, 6) is -0.420. The van der Waals surface area contributed by atoms with Crippen LogP contribution in [0.1, 0.15) is 11.1 Å². The second-order valence-electron chi connectivity index (χ2n) is 4.02. The lowest BCUT2D eigenvalue weighted by atomic mass is 10.1. The fourth-order valence-electron chi connectivity index (χ4n) is 1.80. The standard InChI is InChI=1S/C12H14N2O3/c1-8-3-4-10-9(5-8)6-14(12(16)13-10)7-11(15)17-2/h3-5H,6-7H2,1-2H3,(H,13,16). The molecule has 1 aromatic carbocycles. The lowest BCUT2D eigenvalue weighted by molar-refractivity contribution is -0.141. The van der Waals surface area contributed by atoms with Crippen molar-refractivity contribution in [3.8, 4) is 0 Å². The Bertz CT molecular complexity index is 471. The molecule has 1 N–H and O–H groups in total. The number of nitrogens with zero attached hydrogens (tertiary/aromatic N) is 1. The van der Waals surface area contributed by atoms with Crippen molar-refractivity contribution in [3.05, 3.63) is 29.3 Å². The number of nitrogens with one attached hydrogen (secondary N) is 1. The monoisotopic (exact) mass is 234 g/mol. The normalized spacial score (nSPS) is 14.0. The number of benzene rings is 1. The van der Waals surface area contributed by atoms with E-state index in [-0.39, 0.29) is 12.6 Å². The average molecular weight is 234 g/mol. The number of carbonyl (C=O) groups excluding carboxylic acids is 2. The summed E-state index contributed by atoms with van der Waals surface area (Å²) in [7, 11) is 1.31. The molecule has 0 spiro atoms. The number of ether oxygens (including phenoxy) is 1. The third-order valence-corrected chi connectivity index (χ3v) is 2.70. The van der Waals surface area contributed by atoms with Gasteiger partial charge in [0.2, 0.25) is 0 Å². The fourth-order valence-corrected chi connectivity index (χ4v) is 1.80. The van der Waals surface area contributed by atoms with Gasteiger partial charge in [-0.1, -0.05) is 17.7 Å². The Morgan fingerprint density at radius 2 is 2.29 bits per heavy atom. The zero-order valence-corrected chi connectivity index (χ0v) is 9.82. The van der Waals surface area contributed by atoms with E-state index in [1.165, 1.54) is 12.0 Å². The molecular formula is C12H14N2O3. The van der Waals surface area contributed by atoms with Crippen molar-refractivity contribution < 1.29 is 14.3 Å². The van der Waals surface area contributed by atoms with Crippen molar-refractivity contribution >= 4 is 17.7 Å². The minimum Gasteiger partial charge on any atom is -0.468 e. The predicted octanol–water partition coefficient (Wildman–Crippen LogP) is 1.52. The Kier molecular flexibility index (Phi) is 2.99. The number of rotatable bonds is 2. The van der Waals surface area contributed by atoms with E-state index >= 15 is 0 Å². The molecule has 0 aliphatic carbocycles. The van der Waals surface area contributed by atoms with Crippen molar-refractivity contribution in [3.63, 3.8) is 0 Å². The van der Waals surface area contributed by atoms with Gasteiger partial charge in [-0.3, -0.25) is 4.79 Å². The van der Waals surface area contributed by atoms with E-state index in [0.29, 0.717) is 6.54 Å². The topological polar surface area (TPSA) is 58.6 Å². The fraction of sp³-hybridized carbons (Fsp3) is 0.333. The summed E-state index contributed by atoms with van der Waals surface area (Å²) < 4.78 is 4.55. The summed E-state index contributed by atoms with van der Waals surface area (Å²) in [5, 5.41) is 2.75. The summed E-state index contributed by atoms with van der Waals surface area (Å²) in [4.78, 5) is 24.3. The highest BCUT2D eigenvalue weighted by molar-refractivity contribution is 5.94. The number of hydrogen-bond donors (Lipinski definition) is 1. The second kappa shape index (κ2) is 4.45. The molecule has 0 saturated carbocycles. The molecule has 2 rings (SSSR count). The van der Waals surface area contributed by atoms with Crippen LogP contribution in [-0.4, -0.2) is 30.6 Å². The van der Waals surface area contributed by atoms with Crippen LogP contribution in [0, 0.1) is 6.92 Å². The first kappa shape index (κ1) is 11.4. The van der Waals surface area contributed by atoms with Crippen molar-refractivity contribution in [1.82, 2.24) is 4.90 Å². The van der Waals surface area contributed by atoms with Gasteiger partial charge < -0.3 is 15.0 Å². The summed E-state index contributed by atoms with van der Waals surface area (Å²) in [6, 6.07) is 5.54.